The van der Waals surface area contributed by atoms with Crippen molar-refractivity contribution in [3.63, 3.8) is 0 Å². The van der Waals surface area contributed by atoms with Gasteiger partial charge in [-0.1, -0.05) is 6.07 Å². The zero-order valence-corrected chi connectivity index (χ0v) is 16.3. The molecule has 0 unspecified atom stereocenters. The zero-order valence-electron chi connectivity index (χ0n) is 16.3. The highest BCUT2D eigenvalue weighted by Crippen LogP contribution is 2.31. The third-order valence-corrected chi connectivity index (χ3v) is 4.26. The molecule has 0 saturated carbocycles. The highest BCUT2D eigenvalue weighted by molar-refractivity contribution is 5.77. The highest BCUT2D eigenvalue weighted by Gasteiger charge is 2.09. The van der Waals surface area contributed by atoms with Crippen molar-refractivity contribution in [3.05, 3.63) is 54.9 Å². The summed E-state index contributed by atoms with van der Waals surface area (Å²) in [5.74, 6) is 2.70. The van der Waals surface area contributed by atoms with Crippen LogP contribution in [0.4, 0.5) is 23.0 Å². The molecule has 3 aromatic rings. The molecule has 154 valence electrons. The molecule has 0 atom stereocenters. The number of hydrogen-bond donors (Lipinski definition) is 3. The molecule has 1 aromatic heterocycles. The minimum Gasteiger partial charge on any atom is -0.493 e. The first-order valence-corrected chi connectivity index (χ1v) is 9.36. The summed E-state index contributed by atoms with van der Waals surface area (Å²) in [6, 6.07) is 14.6. The maximum Gasteiger partial charge on any atom is 0.258 e. The van der Waals surface area contributed by atoms with E-state index in [9.17, 15) is 4.79 Å². The lowest BCUT2D eigenvalue weighted by Crippen LogP contribution is -2.32. The topological polar surface area (TPSA) is 107 Å². The number of methoxy groups -OCH3 is 1. The lowest BCUT2D eigenvalue weighted by Gasteiger charge is -2.15. The average Bonchev–Trinajstić information content (AvgIpc) is 2.75. The van der Waals surface area contributed by atoms with Crippen LogP contribution in [0, 0.1) is 0 Å². The molecule has 0 spiro atoms. The molecular weight excluding hydrogens is 386 g/mol. The molecule has 2 aromatic carbocycles. The van der Waals surface area contributed by atoms with Gasteiger partial charge in [-0.25, -0.2) is 9.97 Å². The Hall–Kier alpha value is -4.01. The third-order valence-electron chi connectivity index (χ3n) is 4.26. The molecule has 6 bridgehead atoms. The summed E-state index contributed by atoms with van der Waals surface area (Å²) in [4.78, 5) is 20.6. The summed E-state index contributed by atoms with van der Waals surface area (Å²) in [7, 11) is 1.57. The van der Waals surface area contributed by atoms with Crippen LogP contribution in [0.5, 0.6) is 17.2 Å². The first-order chi connectivity index (χ1) is 14.7. The highest BCUT2D eigenvalue weighted by atomic mass is 16.5. The van der Waals surface area contributed by atoms with Crippen LogP contribution in [0.15, 0.2) is 54.9 Å². The Morgan fingerprint density at radius 3 is 2.57 bits per heavy atom. The van der Waals surface area contributed by atoms with Gasteiger partial charge < -0.3 is 30.2 Å². The smallest absolute Gasteiger partial charge is 0.258 e. The van der Waals surface area contributed by atoms with Gasteiger partial charge in [0.05, 0.1) is 13.7 Å². The molecule has 9 heteroatoms. The van der Waals surface area contributed by atoms with Crippen molar-refractivity contribution < 1.29 is 19.0 Å². The largest absolute Gasteiger partial charge is 0.493 e. The summed E-state index contributed by atoms with van der Waals surface area (Å²) in [5.41, 5.74) is 1.55. The Balaban J connectivity index is 1.64. The molecule has 0 saturated heterocycles. The average molecular weight is 407 g/mol. The Kier molecular flexibility index (Phi) is 5.79. The van der Waals surface area contributed by atoms with Crippen LogP contribution >= 0.6 is 0 Å². The van der Waals surface area contributed by atoms with Crippen molar-refractivity contribution in [1.82, 2.24) is 15.3 Å². The molecule has 9 nitrogen and oxygen atoms in total. The first kappa shape index (κ1) is 19.3. The Labute approximate surface area is 173 Å². The van der Waals surface area contributed by atoms with E-state index in [1.807, 2.05) is 24.3 Å². The van der Waals surface area contributed by atoms with Crippen molar-refractivity contribution in [2.24, 2.45) is 0 Å². The number of nitrogens with one attached hydrogen (secondary N) is 3. The lowest BCUT2D eigenvalue weighted by molar-refractivity contribution is -0.123. The van der Waals surface area contributed by atoms with Gasteiger partial charge in [-0.05, 0) is 24.3 Å². The fraction of sp³-hybridized carbons (Fsp3) is 0.190. The van der Waals surface area contributed by atoms with Crippen molar-refractivity contribution in [1.29, 1.82) is 0 Å². The normalized spacial score (nSPS) is 13.8. The van der Waals surface area contributed by atoms with E-state index in [1.165, 1.54) is 6.33 Å². The van der Waals surface area contributed by atoms with Crippen molar-refractivity contribution in [2.45, 2.75) is 0 Å². The van der Waals surface area contributed by atoms with E-state index >= 15 is 0 Å². The van der Waals surface area contributed by atoms with Crippen LogP contribution in [0.3, 0.4) is 0 Å². The Bertz CT molecular complexity index is 1040. The Morgan fingerprint density at radius 1 is 0.967 bits per heavy atom. The third kappa shape index (κ3) is 4.88. The van der Waals surface area contributed by atoms with Gasteiger partial charge >= 0.3 is 0 Å². The van der Waals surface area contributed by atoms with E-state index < -0.39 is 0 Å². The predicted octanol–water partition coefficient (Wildman–Crippen LogP) is 2.86. The summed E-state index contributed by atoms with van der Waals surface area (Å²) in [6.45, 7) is 0.520. The fourth-order valence-electron chi connectivity index (χ4n) is 2.87. The zero-order chi connectivity index (χ0) is 20.8. The maximum atomic E-state index is 12.0. The number of carbonyl (C=O) groups is 1. The minimum atomic E-state index is -0.235. The summed E-state index contributed by atoms with van der Waals surface area (Å²) in [5, 5.41) is 9.20. The Morgan fingerprint density at radius 2 is 1.77 bits per heavy atom. The van der Waals surface area contributed by atoms with E-state index in [2.05, 4.69) is 25.9 Å². The van der Waals surface area contributed by atoms with E-state index in [1.54, 1.807) is 31.4 Å². The van der Waals surface area contributed by atoms with Gasteiger partial charge in [-0.3, -0.25) is 4.79 Å². The van der Waals surface area contributed by atoms with Gasteiger partial charge in [0.25, 0.3) is 5.91 Å². The molecule has 2 heterocycles. The van der Waals surface area contributed by atoms with Gasteiger partial charge in [0.1, 0.15) is 30.3 Å². The predicted molar refractivity (Wildman–Crippen MR) is 112 cm³/mol. The standard InChI is InChI=1S/C21H21N5O4/c1-28-17-6-5-15-10-18(17)29-8-7-22-21(27)12-30-16-4-2-3-14(9-16)25-19-11-20(26-15)24-13-23-19/h2-6,9-11,13H,7-8,12H2,1H3,(H,22,27)(H2,23,24,25,26). The number of hydrogen-bond acceptors (Lipinski definition) is 8. The van der Waals surface area contributed by atoms with E-state index in [4.69, 9.17) is 14.2 Å². The van der Waals surface area contributed by atoms with Crippen LogP contribution in [0.2, 0.25) is 0 Å². The maximum absolute atomic E-state index is 12.0. The molecule has 1 aliphatic heterocycles. The second kappa shape index (κ2) is 8.99. The van der Waals surface area contributed by atoms with Crippen LogP contribution in [0.25, 0.3) is 0 Å². The van der Waals surface area contributed by atoms with Gasteiger partial charge in [0, 0.05) is 29.6 Å². The van der Waals surface area contributed by atoms with Gasteiger partial charge in [-0.15, -0.1) is 0 Å². The number of ether oxygens (including phenoxy) is 3. The van der Waals surface area contributed by atoms with Crippen LogP contribution in [-0.4, -0.2) is 42.7 Å². The number of amides is 1. The second-order valence-electron chi connectivity index (χ2n) is 6.42. The number of carbonyl (C=O) groups excluding carboxylic acids is 1. The quantitative estimate of drug-likeness (QED) is 0.565. The number of anilines is 4. The summed E-state index contributed by atoms with van der Waals surface area (Å²) in [6.07, 6.45) is 1.47. The lowest BCUT2D eigenvalue weighted by atomic mass is 10.2. The number of rotatable bonds is 1. The monoisotopic (exact) mass is 407 g/mol. The number of aromatic nitrogens is 2. The molecule has 3 N–H and O–H groups in total. The molecular formula is C21H21N5O4. The van der Waals surface area contributed by atoms with E-state index in [0.29, 0.717) is 35.4 Å². The summed E-state index contributed by atoms with van der Waals surface area (Å²) < 4.78 is 16.7. The van der Waals surface area contributed by atoms with Crippen molar-refractivity contribution in [2.75, 3.05) is 37.5 Å². The SMILES string of the molecule is COc1ccc2cc1OCCNC(=O)COc1cccc(c1)Nc1cc(ncn1)N2. The van der Waals surface area contributed by atoms with Gasteiger partial charge in [0.2, 0.25) is 0 Å². The van der Waals surface area contributed by atoms with E-state index in [0.717, 1.165) is 11.4 Å². The van der Waals surface area contributed by atoms with E-state index in [-0.39, 0.29) is 19.1 Å². The van der Waals surface area contributed by atoms with Gasteiger partial charge in [0.15, 0.2) is 18.1 Å². The van der Waals surface area contributed by atoms with Gasteiger partial charge in [-0.2, -0.15) is 0 Å². The molecule has 4 rings (SSSR count). The summed E-state index contributed by atoms with van der Waals surface area (Å²) >= 11 is 0. The molecule has 0 radical (unpaired) electrons. The molecule has 1 aliphatic rings. The first-order valence-electron chi connectivity index (χ1n) is 9.36. The van der Waals surface area contributed by atoms with Crippen molar-refractivity contribution >= 4 is 28.9 Å². The fourth-order valence-corrected chi connectivity index (χ4v) is 2.87. The van der Waals surface area contributed by atoms with Crippen molar-refractivity contribution in [3.8, 4) is 17.2 Å². The molecule has 1 amide bonds. The molecule has 0 fully saturated rings. The number of nitrogens with zero attached hydrogens (tertiary/aromatic N) is 2. The molecule has 30 heavy (non-hydrogen) atoms. The number of benzene rings is 2. The second-order valence-corrected chi connectivity index (χ2v) is 6.42. The van der Waals surface area contributed by atoms with Crippen LogP contribution < -0.4 is 30.2 Å². The minimum absolute atomic E-state index is 0.0934. The van der Waals surface area contributed by atoms with Crippen LogP contribution in [0.1, 0.15) is 0 Å². The number of fused-ring (bicyclic) bond motifs is 6. The van der Waals surface area contributed by atoms with Crippen LogP contribution in [-0.2, 0) is 4.79 Å². The molecule has 0 aliphatic carbocycles.